The average molecular weight is 296 g/mol. The lowest BCUT2D eigenvalue weighted by molar-refractivity contribution is 0.0994. The molecule has 2 nitrogen and oxygen atoms in total. The molecular weight excluding hydrogens is 286 g/mol. The molecule has 82 valence electrons. The van der Waals surface area contributed by atoms with E-state index in [1.54, 1.807) is 23.5 Å². The number of carbonyl (C=O) groups is 1. The van der Waals surface area contributed by atoms with Crippen LogP contribution in [0.2, 0.25) is 0 Å². The third kappa shape index (κ3) is 2.51. The maximum absolute atomic E-state index is 12.0. The Kier molecular flexibility index (Phi) is 3.41. The maximum atomic E-state index is 12.0. The van der Waals surface area contributed by atoms with Crippen LogP contribution in [0.3, 0.4) is 0 Å². The zero-order valence-corrected chi connectivity index (χ0v) is 10.8. The van der Waals surface area contributed by atoms with Gasteiger partial charge in [-0.3, -0.25) is 4.79 Å². The van der Waals surface area contributed by atoms with Gasteiger partial charge in [-0.1, -0.05) is 15.9 Å². The van der Waals surface area contributed by atoms with Gasteiger partial charge in [-0.05, 0) is 40.6 Å². The molecule has 0 fully saturated rings. The van der Waals surface area contributed by atoms with Crippen LogP contribution >= 0.6 is 27.3 Å². The van der Waals surface area contributed by atoms with Crippen LogP contribution in [0.15, 0.2) is 39.5 Å². The average Bonchev–Trinajstić information content (AvgIpc) is 2.70. The fourth-order valence-corrected chi connectivity index (χ4v) is 2.51. The lowest BCUT2D eigenvalue weighted by atomic mass is 10.0. The van der Waals surface area contributed by atoms with E-state index >= 15 is 0 Å². The van der Waals surface area contributed by atoms with Gasteiger partial charge < -0.3 is 5.73 Å². The van der Waals surface area contributed by atoms with Crippen LogP contribution < -0.4 is 5.73 Å². The number of nitrogen functional groups attached to an aromatic ring is 1. The highest BCUT2D eigenvalue weighted by atomic mass is 79.9. The van der Waals surface area contributed by atoms with Crippen molar-refractivity contribution in [3.63, 3.8) is 0 Å². The molecule has 0 radical (unpaired) electrons. The highest BCUT2D eigenvalue weighted by Gasteiger charge is 2.10. The molecule has 0 aliphatic heterocycles. The molecule has 16 heavy (non-hydrogen) atoms. The first-order chi connectivity index (χ1) is 7.66. The topological polar surface area (TPSA) is 43.1 Å². The van der Waals surface area contributed by atoms with E-state index in [0.717, 1.165) is 10.0 Å². The van der Waals surface area contributed by atoms with E-state index in [1.807, 2.05) is 22.9 Å². The van der Waals surface area contributed by atoms with Crippen LogP contribution in [0.4, 0.5) is 5.69 Å². The van der Waals surface area contributed by atoms with Gasteiger partial charge in [0, 0.05) is 22.1 Å². The Morgan fingerprint density at radius 1 is 1.38 bits per heavy atom. The second-order valence-electron chi connectivity index (χ2n) is 3.46. The second-order valence-corrected chi connectivity index (χ2v) is 5.16. The molecule has 4 heteroatoms. The molecule has 2 aromatic rings. The lowest BCUT2D eigenvalue weighted by Gasteiger charge is -2.04. The molecule has 2 N–H and O–H groups in total. The summed E-state index contributed by atoms with van der Waals surface area (Å²) >= 11 is 4.91. The van der Waals surface area contributed by atoms with Crippen molar-refractivity contribution in [1.29, 1.82) is 0 Å². The molecule has 1 aromatic carbocycles. The number of hydrogen-bond acceptors (Lipinski definition) is 3. The second kappa shape index (κ2) is 4.80. The first-order valence-electron chi connectivity index (χ1n) is 4.76. The predicted molar refractivity (Wildman–Crippen MR) is 70.9 cm³/mol. The number of rotatable bonds is 3. The van der Waals surface area contributed by atoms with Gasteiger partial charge in [0.15, 0.2) is 5.78 Å². The van der Waals surface area contributed by atoms with Gasteiger partial charge in [0.2, 0.25) is 0 Å². The van der Waals surface area contributed by atoms with Crippen molar-refractivity contribution < 1.29 is 4.79 Å². The van der Waals surface area contributed by atoms with Crippen LogP contribution in [-0.4, -0.2) is 5.78 Å². The Labute approximate surface area is 106 Å². The first kappa shape index (κ1) is 11.4. The Balaban J connectivity index is 2.21. The first-order valence-corrected chi connectivity index (χ1v) is 6.49. The summed E-state index contributed by atoms with van der Waals surface area (Å²) in [5, 5.41) is 3.94. The summed E-state index contributed by atoms with van der Waals surface area (Å²) in [6, 6.07) is 7.30. The van der Waals surface area contributed by atoms with E-state index in [2.05, 4.69) is 15.9 Å². The van der Waals surface area contributed by atoms with E-state index in [4.69, 9.17) is 5.73 Å². The number of carbonyl (C=O) groups excluding carboxylic acids is 1. The highest BCUT2D eigenvalue weighted by molar-refractivity contribution is 9.10. The van der Waals surface area contributed by atoms with Crippen LogP contribution in [0, 0.1) is 0 Å². The van der Waals surface area contributed by atoms with E-state index in [9.17, 15) is 4.79 Å². The fourth-order valence-electron chi connectivity index (χ4n) is 1.46. The van der Waals surface area contributed by atoms with Crippen molar-refractivity contribution in [1.82, 2.24) is 0 Å². The fraction of sp³-hybridized carbons (Fsp3) is 0.0833. The van der Waals surface area contributed by atoms with Gasteiger partial charge >= 0.3 is 0 Å². The zero-order chi connectivity index (χ0) is 11.5. The number of benzene rings is 1. The van der Waals surface area contributed by atoms with Gasteiger partial charge in [-0.15, -0.1) is 0 Å². The Morgan fingerprint density at radius 2 is 2.19 bits per heavy atom. The van der Waals surface area contributed by atoms with Crippen molar-refractivity contribution in [2.75, 3.05) is 5.73 Å². The van der Waals surface area contributed by atoms with Crippen LogP contribution in [0.25, 0.3) is 0 Å². The van der Waals surface area contributed by atoms with Crippen molar-refractivity contribution in [2.45, 2.75) is 6.42 Å². The van der Waals surface area contributed by atoms with Crippen LogP contribution in [-0.2, 0) is 6.42 Å². The summed E-state index contributed by atoms with van der Waals surface area (Å²) < 4.78 is 0.886. The van der Waals surface area contributed by atoms with E-state index < -0.39 is 0 Å². The SMILES string of the molecule is Nc1cc(Br)ccc1C(=O)Cc1ccsc1. The summed E-state index contributed by atoms with van der Waals surface area (Å²) in [5.74, 6) is 0.0587. The van der Waals surface area contributed by atoms with Crippen molar-refractivity contribution in [3.8, 4) is 0 Å². The molecule has 0 bridgehead atoms. The van der Waals surface area contributed by atoms with Gasteiger partial charge in [-0.25, -0.2) is 0 Å². The minimum absolute atomic E-state index is 0.0587. The third-order valence-corrected chi connectivity index (χ3v) is 3.48. The molecule has 1 heterocycles. The number of nitrogens with two attached hydrogens (primary N) is 1. The Hall–Kier alpha value is -1.13. The summed E-state index contributed by atoms with van der Waals surface area (Å²) in [5.41, 5.74) is 7.96. The summed E-state index contributed by atoms with van der Waals surface area (Å²) in [6.07, 6.45) is 0.412. The largest absolute Gasteiger partial charge is 0.398 e. The molecule has 2 rings (SSSR count). The molecule has 0 aliphatic rings. The number of ketones is 1. The Bertz CT molecular complexity index is 508. The summed E-state index contributed by atoms with van der Waals surface area (Å²) in [6.45, 7) is 0. The van der Waals surface area contributed by atoms with Gasteiger partial charge in [0.25, 0.3) is 0 Å². The zero-order valence-electron chi connectivity index (χ0n) is 8.44. The lowest BCUT2D eigenvalue weighted by Crippen LogP contribution is -2.06. The molecule has 0 unspecified atom stereocenters. The van der Waals surface area contributed by atoms with Gasteiger partial charge in [-0.2, -0.15) is 11.3 Å². The van der Waals surface area contributed by atoms with Gasteiger partial charge in [0.05, 0.1) is 0 Å². The number of halogens is 1. The minimum atomic E-state index is 0.0587. The molecule has 0 saturated carbocycles. The molecule has 0 saturated heterocycles. The maximum Gasteiger partial charge on any atom is 0.169 e. The van der Waals surface area contributed by atoms with Crippen molar-refractivity contribution >= 4 is 38.7 Å². The summed E-state index contributed by atoms with van der Waals surface area (Å²) in [7, 11) is 0. The van der Waals surface area contributed by atoms with Gasteiger partial charge in [0.1, 0.15) is 0 Å². The Morgan fingerprint density at radius 3 is 2.81 bits per heavy atom. The van der Waals surface area contributed by atoms with Crippen LogP contribution in [0.5, 0.6) is 0 Å². The van der Waals surface area contributed by atoms with Crippen molar-refractivity contribution in [3.05, 3.63) is 50.6 Å². The number of Topliss-reactive ketones (excluding diaryl/α,β-unsaturated/α-hetero) is 1. The van der Waals surface area contributed by atoms with E-state index in [0.29, 0.717) is 17.7 Å². The molecule has 0 aliphatic carbocycles. The smallest absolute Gasteiger partial charge is 0.169 e. The molecule has 0 atom stereocenters. The monoisotopic (exact) mass is 295 g/mol. The normalized spacial score (nSPS) is 10.3. The minimum Gasteiger partial charge on any atom is -0.398 e. The van der Waals surface area contributed by atoms with Crippen LogP contribution in [0.1, 0.15) is 15.9 Å². The van der Waals surface area contributed by atoms with E-state index in [1.165, 1.54) is 0 Å². The number of thiophene rings is 1. The standard InChI is InChI=1S/C12H10BrNOS/c13-9-1-2-10(11(14)6-9)12(15)5-8-3-4-16-7-8/h1-4,6-7H,5,14H2. The molecular formula is C12H10BrNOS. The molecule has 1 aromatic heterocycles. The molecule has 0 amide bonds. The van der Waals surface area contributed by atoms with Crippen molar-refractivity contribution in [2.24, 2.45) is 0 Å². The third-order valence-electron chi connectivity index (χ3n) is 2.26. The number of hydrogen-bond donors (Lipinski definition) is 1. The number of anilines is 1. The predicted octanol–water partition coefficient (Wildman–Crippen LogP) is 3.52. The quantitative estimate of drug-likeness (QED) is 0.695. The summed E-state index contributed by atoms with van der Waals surface area (Å²) in [4.78, 5) is 12.0. The molecule has 0 spiro atoms. The highest BCUT2D eigenvalue weighted by Crippen LogP contribution is 2.20. The van der Waals surface area contributed by atoms with E-state index in [-0.39, 0.29) is 5.78 Å².